The Balaban J connectivity index is 2.51. The molecule has 0 nitrogen and oxygen atoms in total. The van der Waals surface area contributed by atoms with E-state index in [2.05, 4.69) is 37.8 Å². The Labute approximate surface area is 80.3 Å². The first kappa shape index (κ1) is 8.55. The summed E-state index contributed by atoms with van der Waals surface area (Å²) in [5, 5.41) is 0. The summed E-state index contributed by atoms with van der Waals surface area (Å²) in [7, 11) is 0. The van der Waals surface area contributed by atoms with Gasteiger partial charge in [-0.25, -0.2) is 0 Å². The van der Waals surface area contributed by atoms with Crippen molar-refractivity contribution in [2.75, 3.05) is 0 Å². The molecule has 0 N–H and O–H groups in total. The number of rotatable bonds is 0. The molecular formula is C13H16. The molecule has 1 aliphatic carbocycles. The van der Waals surface area contributed by atoms with E-state index in [9.17, 15) is 0 Å². The second-order valence-corrected chi connectivity index (χ2v) is 3.98. The third kappa shape index (κ3) is 1.53. The molecule has 0 saturated carbocycles. The van der Waals surface area contributed by atoms with Crippen LogP contribution in [0.15, 0.2) is 30.8 Å². The van der Waals surface area contributed by atoms with Gasteiger partial charge in [0, 0.05) is 0 Å². The molecule has 0 bridgehead atoms. The van der Waals surface area contributed by atoms with E-state index >= 15 is 0 Å². The summed E-state index contributed by atoms with van der Waals surface area (Å²) >= 11 is 0. The lowest BCUT2D eigenvalue weighted by Crippen LogP contribution is -1.93. The summed E-state index contributed by atoms with van der Waals surface area (Å²) in [4.78, 5) is 0. The van der Waals surface area contributed by atoms with E-state index in [4.69, 9.17) is 0 Å². The number of allylic oxidation sites excluding steroid dienone is 1. The maximum atomic E-state index is 4.15. The fourth-order valence-electron chi connectivity index (χ4n) is 2.16. The van der Waals surface area contributed by atoms with Crippen LogP contribution < -0.4 is 0 Å². The third-order valence-corrected chi connectivity index (χ3v) is 2.99. The Hall–Kier alpha value is -1.04. The van der Waals surface area contributed by atoms with Crippen LogP contribution in [0.3, 0.4) is 0 Å². The molecule has 1 aromatic rings. The Bertz CT molecular complexity index is 323. The molecule has 0 radical (unpaired) electrons. The molecule has 0 amide bonds. The molecule has 68 valence electrons. The van der Waals surface area contributed by atoms with Gasteiger partial charge in [0.1, 0.15) is 0 Å². The van der Waals surface area contributed by atoms with E-state index in [0.29, 0.717) is 5.92 Å². The van der Waals surface area contributed by atoms with Gasteiger partial charge in [0.25, 0.3) is 0 Å². The van der Waals surface area contributed by atoms with Gasteiger partial charge in [0.2, 0.25) is 0 Å². The fraction of sp³-hybridized carbons (Fsp3) is 0.385. The summed E-state index contributed by atoms with van der Waals surface area (Å²) in [5.41, 5.74) is 4.21. The van der Waals surface area contributed by atoms with E-state index < -0.39 is 0 Å². The van der Waals surface area contributed by atoms with Crippen LogP contribution in [0.1, 0.15) is 43.2 Å². The summed E-state index contributed by atoms with van der Waals surface area (Å²) in [6, 6.07) is 8.70. The maximum Gasteiger partial charge on any atom is -0.0184 e. The Morgan fingerprint density at radius 2 is 2.08 bits per heavy atom. The molecule has 1 aliphatic rings. The first-order chi connectivity index (χ1) is 6.29. The van der Waals surface area contributed by atoms with Crippen LogP contribution >= 0.6 is 0 Å². The van der Waals surface area contributed by atoms with Crippen LogP contribution in [0.4, 0.5) is 0 Å². The molecule has 0 unspecified atom stereocenters. The number of benzene rings is 1. The Morgan fingerprint density at radius 1 is 1.31 bits per heavy atom. The van der Waals surface area contributed by atoms with Crippen molar-refractivity contribution in [3.05, 3.63) is 42.0 Å². The molecule has 0 aliphatic heterocycles. The summed E-state index contributed by atoms with van der Waals surface area (Å²) < 4.78 is 0. The van der Waals surface area contributed by atoms with Crippen molar-refractivity contribution in [1.29, 1.82) is 0 Å². The first-order valence-electron chi connectivity index (χ1n) is 5.06. The van der Waals surface area contributed by atoms with Crippen LogP contribution in [0.25, 0.3) is 5.57 Å². The predicted octanol–water partition coefficient (Wildman–Crippen LogP) is 3.99. The molecule has 0 saturated heterocycles. The smallest absolute Gasteiger partial charge is 0.0184 e. The highest BCUT2D eigenvalue weighted by Gasteiger charge is 2.15. The quantitative estimate of drug-likeness (QED) is 0.519. The van der Waals surface area contributed by atoms with Crippen molar-refractivity contribution in [2.24, 2.45) is 0 Å². The van der Waals surface area contributed by atoms with Gasteiger partial charge in [-0.3, -0.25) is 0 Å². The second kappa shape index (κ2) is 3.37. The number of hydrogen-bond donors (Lipinski definition) is 0. The summed E-state index contributed by atoms with van der Waals surface area (Å²) in [6.07, 6.45) is 3.76. The van der Waals surface area contributed by atoms with Crippen molar-refractivity contribution in [3.8, 4) is 0 Å². The van der Waals surface area contributed by atoms with Crippen LogP contribution in [0.5, 0.6) is 0 Å². The van der Waals surface area contributed by atoms with Crippen LogP contribution in [0, 0.1) is 0 Å². The molecule has 0 heteroatoms. The second-order valence-electron chi connectivity index (χ2n) is 3.98. The van der Waals surface area contributed by atoms with E-state index in [1.807, 2.05) is 0 Å². The average Bonchev–Trinajstić information content (AvgIpc) is 2.29. The Morgan fingerprint density at radius 3 is 2.92 bits per heavy atom. The summed E-state index contributed by atoms with van der Waals surface area (Å²) in [6.45, 7) is 6.47. The lowest BCUT2D eigenvalue weighted by molar-refractivity contribution is 0.657. The lowest BCUT2D eigenvalue weighted by Gasteiger charge is -2.11. The van der Waals surface area contributed by atoms with Gasteiger partial charge < -0.3 is 0 Å². The van der Waals surface area contributed by atoms with Crippen LogP contribution in [-0.4, -0.2) is 0 Å². The van der Waals surface area contributed by atoms with Crippen molar-refractivity contribution in [3.63, 3.8) is 0 Å². The van der Waals surface area contributed by atoms with Gasteiger partial charge in [0.15, 0.2) is 0 Å². The number of fused-ring (bicyclic) bond motifs is 1. The molecule has 2 rings (SSSR count). The van der Waals surface area contributed by atoms with Gasteiger partial charge in [0.05, 0.1) is 0 Å². The largest absolute Gasteiger partial charge is 0.0952 e. The van der Waals surface area contributed by atoms with Crippen molar-refractivity contribution < 1.29 is 0 Å². The summed E-state index contributed by atoms with van der Waals surface area (Å²) in [5.74, 6) is 0.704. The fourth-order valence-corrected chi connectivity index (χ4v) is 2.16. The molecule has 0 spiro atoms. The van der Waals surface area contributed by atoms with Crippen LogP contribution in [0.2, 0.25) is 0 Å². The van der Waals surface area contributed by atoms with E-state index in [1.54, 1.807) is 0 Å². The zero-order valence-electron chi connectivity index (χ0n) is 8.22. The highest BCUT2D eigenvalue weighted by molar-refractivity contribution is 5.67. The van der Waals surface area contributed by atoms with E-state index in [0.717, 1.165) is 0 Å². The zero-order valence-corrected chi connectivity index (χ0v) is 8.22. The zero-order chi connectivity index (χ0) is 9.26. The molecule has 1 atom stereocenters. The van der Waals surface area contributed by atoms with Gasteiger partial charge in [-0.1, -0.05) is 37.8 Å². The van der Waals surface area contributed by atoms with E-state index in [-0.39, 0.29) is 0 Å². The highest BCUT2D eigenvalue weighted by atomic mass is 14.2. The van der Waals surface area contributed by atoms with Gasteiger partial charge in [-0.05, 0) is 41.9 Å². The molecule has 0 heterocycles. The molecule has 13 heavy (non-hydrogen) atoms. The van der Waals surface area contributed by atoms with Crippen molar-refractivity contribution in [1.82, 2.24) is 0 Å². The lowest BCUT2D eigenvalue weighted by atomic mass is 9.93. The molecular weight excluding hydrogens is 156 g/mol. The molecule has 1 aromatic carbocycles. The topological polar surface area (TPSA) is 0 Å². The van der Waals surface area contributed by atoms with Crippen molar-refractivity contribution >= 4 is 5.57 Å². The van der Waals surface area contributed by atoms with Gasteiger partial charge >= 0.3 is 0 Å². The minimum Gasteiger partial charge on any atom is -0.0952 e. The Kier molecular flexibility index (Phi) is 2.22. The van der Waals surface area contributed by atoms with Crippen molar-refractivity contribution in [2.45, 2.75) is 32.1 Å². The average molecular weight is 172 g/mol. The SMILES string of the molecule is C=C1CCC[C@@H](C)c2ccccc21. The normalized spacial score (nSPS) is 22.2. The third-order valence-electron chi connectivity index (χ3n) is 2.99. The highest BCUT2D eigenvalue weighted by Crippen LogP contribution is 2.34. The number of hydrogen-bond acceptors (Lipinski definition) is 0. The van der Waals surface area contributed by atoms with Gasteiger partial charge in [-0.15, -0.1) is 0 Å². The standard InChI is InChI=1S/C13H16/c1-10-6-5-7-11(2)13-9-4-3-8-12(10)13/h3-4,8-9,11H,1,5-7H2,2H3/t11-/m1/s1. The molecule has 0 aromatic heterocycles. The maximum absolute atomic E-state index is 4.15. The van der Waals surface area contributed by atoms with Gasteiger partial charge in [-0.2, -0.15) is 0 Å². The minimum atomic E-state index is 0.704. The predicted molar refractivity (Wildman–Crippen MR) is 57.7 cm³/mol. The molecule has 0 fully saturated rings. The monoisotopic (exact) mass is 172 g/mol. The van der Waals surface area contributed by atoms with E-state index in [1.165, 1.54) is 36.0 Å². The van der Waals surface area contributed by atoms with Crippen LogP contribution in [-0.2, 0) is 0 Å². The minimum absolute atomic E-state index is 0.704. The first-order valence-corrected chi connectivity index (χ1v) is 5.06.